The van der Waals surface area contributed by atoms with Crippen LogP contribution in [0.1, 0.15) is 21.5 Å². The Morgan fingerprint density at radius 3 is 2.33 bits per heavy atom. The second-order valence-electron chi connectivity index (χ2n) is 3.92. The molecular weight excluding hydrogens is 252 g/mol. The van der Waals surface area contributed by atoms with Gasteiger partial charge in [-0.2, -0.15) is 0 Å². The lowest BCUT2D eigenvalue weighted by atomic mass is 10.0. The number of hydrogen-bond donors (Lipinski definition) is 2. The van der Waals surface area contributed by atoms with Crippen molar-refractivity contribution < 1.29 is 15.0 Å². The Morgan fingerprint density at radius 2 is 1.72 bits per heavy atom. The molecule has 2 rings (SSSR count). The van der Waals surface area contributed by atoms with Gasteiger partial charge in [0.15, 0.2) is 6.29 Å². The molecule has 0 aliphatic rings. The summed E-state index contributed by atoms with van der Waals surface area (Å²) in [5.41, 5.74) is 1.38. The average molecular weight is 263 g/mol. The third-order valence-corrected chi connectivity index (χ3v) is 2.96. The summed E-state index contributed by atoms with van der Waals surface area (Å²) in [6, 6.07) is 9.84. The van der Waals surface area contributed by atoms with E-state index in [9.17, 15) is 15.0 Å². The van der Waals surface area contributed by atoms with Crippen LogP contribution in [0.5, 0.6) is 11.5 Å². The van der Waals surface area contributed by atoms with Crippen molar-refractivity contribution in [1.29, 1.82) is 0 Å². The first kappa shape index (κ1) is 12.5. The van der Waals surface area contributed by atoms with Crippen LogP contribution in [0.15, 0.2) is 36.4 Å². The quantitative estimate of drug-likeness (QED) is 0.836. The second kappa shape index (κ2) is 5.10. The van der Waals surface area contributed by atoms with Crippen LogP contribution in [-0.4, -0.2) is 16.5 Å². The minimum absolute atomic E-state index is 0.0342. The fourth-order valence-electron chi connectivity index (χ4n) is 1.72. The van der Waals surface area contributed by atoms with Gasteiger partial charge >= 0.3 is 0 Å². The first-order chi connectivity index (χ1) is 8.61. The van der Waals surface area contributed by atoms with E-state index in [4.69, 9.17) is 11.6 Å². The molecule has 0 bridgehead atoms. The summed E-state index contributed by atoms with van der Waals surface area (Å²) in [7, 11) is 0. The van der Waals surface area contributed by atoms with Crippen molar-refractivity contribution in [3.05, 3.63) is 58.1 Å². The van der Waals surface area contributed by atoms with E-state index in [0.29, 0.717) is 23.3 Å². The van der Waals surface area contributed by atoms with Gasteiger partial charge in [0.1, 0.15) is 11.5 Å². The monoisotopic (exact) mass is 262 g/mol. The highest BCUT2D eigenvalue weighted by atomic mass is 35.5. The van der Waals surface area contributed by atoms with E-state index in [0.717, 1.165) is 5.56 Å². The van der Waals surface area contributed by atoms with Crippen LogP contribution < -0.4 is 0 Å². The lowest BCUT2D eigenvalue weighted by Crippen LogP contribution is -1.93. The van der Waals surface area contributed by atoms with E-state index < -0.39 is 0 Å². The number of carbonyl (C=O) groups excluding carboxylic acids is 1. The maximum Gasteiger partial charge on any atom is 0.153 e. The highest BCUT2D eigenvalue weighted by molar-refractivity contribution is 6.30. The molecule has 2 aromatic carbocycles. The molecule has 0 spiro atoms. The highest BCUT2D eigenvalue weighted by Gasteiger charge is 2.12. The van der Waals surface area contributed by atoms with Crippen molar-refractivity contribution in [2.75, 3.05) is 0 Å². The number of halogens is 1. The first-order valence-electron chi connectivity index (χ1n) is 5.35. The number of aldehydes is 1. The van der Waals surface area contributed by atoms with Gasteiger partial charge in [0.05, 0.1) is 5.56 Å². The number of rotatable bonds is 3. The Balaban J connectivity index is 2.39. The predicted octanol–water partition coefficient (Wildman–Crippen LogP) is 3.15. The van der Waals surface area contributed by atoms with Crippen molar-refractivity contribution in [3.8, 4) is 11.5 Å². The van der Waals surface area contributed by atoms with E-state index in [1.54, 1.807) is 24.3 Å². The molecule has 92 valence electrons. The van der Waals surface area contributed by atoms with Crippen LogP contribution in [0.3, 0.4) is 0 Å². The van der Waals surface area contributed by atoms with Crippen LogP contribution in [0.2, 0.25) is 5.02 Å². The van der Waals surface area contributed by atoms with E-state index in [-0.39, 0.29) is 17.1 Å². The van der Waals surface area contributed by atoms with Crippen LogP contribution in [0, 0.1) is 0 Å². The zero-order chi connectivity index (χ0) is 13.1. The van der Waals surface area contributed by atoms with E-state index in [1.807, 2.05) is 0 Å². The molecule has 3 nitrogen and oxygen atoms in total. The average Bonchev–Trinajstić information content (AvgIpc) is 2.37. The summed E-state index contributed by atoms with van der Waals surface area (Å²) in [5, 5.41) is 20.2. The molecule has 0 aliphatic carbocycles. The molecule has 0 saturated carbocycles. The van der Waals surface area contributed by atoms with Crippen molar-refractivity contribution in [3.63, 3.8) is 0 Å². The number of carbonyl (C=O) groups is 1. The summed E-state index contributed by atoms with van der Waals surface area (Å²) >= 11 is 5.78. The van der Waals surface area contributed by atoms with Gasteiger partial charge in [-0.25, -0.2) is 0 Å². The van der Waals surface area contributed by atoms with Gasteiger partial charge in [-0.3, -0.25) is 4.79 Å². The van der Waals surface area contributed by atoms with Gasteiger partial charge in [0.25, 0.3) is 0 Å². The smallest absolute Gasteiger partial charge is 0.153 e. The molecule has 2 aromatic rings. The first-order valence-corrected chi connectivity index (χ1v) is 5.73. The normalized spacial score (nSPS) is 10.3. The Bertz CT molecular complexity index is 576. The largest absolute Gasteiger partial charge is 0.508 e. The molecule has 0 amide bonds. The van der Waals surface area contributed by atoms with Gasteiger partial charge in [0, 0.05) is 17.0 Å². The van der Waals surface area contributed by atoms with Crippen molar-refractivity contribution >= 4 is 17.9 Å². The summed E-state index contributed by atoms with van der Waals surface area (Å²) < 4.78 is 0. The number of hydrogen-bond acceptors (Lipinski definition) is 3. The third kappa shape index (κ3) is 2.46. The fraction of sp³-hybridized carbons (Fsp3) is 0.0714. The third-order valence-electron chi connectivity index (χ3n) is 2.71. The number of phenols is 2. The maximum absolute atomic E-state index is 10.7. The molecule has 0 heterocycles. The summed E-state index contributed by atoms with van der Waals surface area (Å²) in [4.78, 5) is 10.7. The molecule has 0 radical (unpaired) electrons. The highest BCUT2D eigenvalue weighted by Crippen LogP contribution is 2.31. The minimum Gasteiger partial charge on any atom is -0.508 e. The second-order valence-corrected chi connectivity index (χ2v) is 4.36. The summed E-state index contributed by atoms with van der Waals surface area (Å²) in [5.74, 6) is -0.215. The predicted molar refractivity (Wildman–Crippen MR) is 69.4 cm³/mol. The number of phenolic OH excluding ortho intramolecular Hbond substituents is 2. The van der Waals surface area contributed by atoms with Crippen LogP contribution in [-0.2, 0) is 6.42 Å². The number of aromatic hydroxyl groups is 2. The Labute approximate surface area is 109 Å². The molecule has 0 aromatic heterocycles. The van der Waals surface area contributed by atoms with E-state index in [2.05, 4.69) is 0 Å². The van der Waals surface area contributed by atoms with Crippen LogP contribution in [0.4, 0.5) is 0 Å². The Kier molecular flexibility index (Phi) is 3.53. The van der Waals surface area contributed by atoms with E-state index in [1.165, 1.54) is 12.1 Å². The van der Waals surface area contributed by atoms with Gasteiger partial charge in [-0.1, -0.05) is 23.7 Å². The summed E-state index contributed by atoms with van der Waals surface area (Å²) in [6.45, 7) is 0. The zero-order valence-electron chi connectivity index (χ0n) is 9.43. The van der Waals surface area contributed by atoms with Crippen LogP contribution >= 0.6 is 11.6 Å². The van der Waals surface area contributed by atoms with Gasteiger partial charge in [-0.05, 0) is 29.8 Å². The standard InChI is InChI=1S/C14H11ClO3/c15-11-4-1-9(2-5-11)7-12-13(17)6-3-10(8-16)14(12)18/h1-6,8,17-18H,7H2. The Morgan fingerprint density at radius 1 is 1.06 bits per heavy atom. The van der Waals surface area contributed by atoms with Gasteiger partial charge < -0.3 is 10.2 Å². The van der Waals surface area contributed by atoms with Crippen molar-refractivity contribution in [2.24, 2.45) is 0 Å². The number of benzene rings is 2. The molecule has 0 saturated heterocycles. The minimum atomic E-state index is -0.181. The Hall–Kier alpha value is -2.00. The zero-order valence-corrected chi connectivity index (χ0v) is 10.2. The molecule has 0 fully saturated rings. The van der Waals surface area contributed by atoms with Crippen molar-refractivity contribution in [1.82, 2.24) is 0 Å². The van der Waals surface area contributed by atoms with Crippen LogP contribution in [0.25, 0.3) is 0 Å². The molecule has 0 aliphatic heterocycles. The fourth-order valence-corrected chi connectivity index (χ4v) is 1.85. The summed E-state index contributed by atoms with van der Waals surface area (Å²) in [6.07, 6.45) is 0.886. The maximum atomic E-state index is 10.7. The van der Waals surface area contributed by atoms with E-state index >= 15 is 0 Å². The topological polar surface area (TPSA) is 57.5 Å². The molecule has 4 heteroatoms. The SMILES string of the molecule is O=Cc1ccc(O)c(Cc2ccc(Cl)cc2)c1O. The lowest BCUT2D eigenvalue weighted by Gasteiger charge is -2.09. The van der Waals surface area contributed by atoms with Crippen molar-refractivity contribution in [2.45, 2.75) is 6.42 Å². The molecule has 0 atom stereocenters. The molecule has 2 N–H and O–H groups in total. The lowest BCUT2D eigenvalue weighted by molar-refractivity contribution is 0.112. The molecular formula is C14H11ClO3. The van der Waals surface area contributed by atoms with Gasteiger partial charge in [-0.15, -0.1) is 0 Å². The molecule has 18 heavy (non-hydrogen) atoms. The van der Waals surface area contributed by atoms with Gasteiger partial charge in [0.2, 0.25) is 0 Å². The molecule has 0 unspecified atom stereocenters.